The SMILES string of the molecule is CC1(O)CCN(S(=O)(=O)CC2CCCCC2)C1. The van der Waals surface area contributed by atoms with Crippen molar-refractivity contribution in [3.63, 3.8) is 0 Å². The molecule has 1 aliphatic heterocycles. The molecule has 1 saturated carbocycles. The van der Waals surface area contributed by atoms with E-state index in [1.165, 1.54) is 10.7 Å². The zero-order valence-electron chi connectivity index (χ0n) is 10.6. The Bertz CT molecular complexity index is 358. The number of hydrogen-bond acceptors (Lipinski definition) is 3. The van der Waals surface area contributed by atoms with Crippen molar-refractivity contribution in [2.75, 3.05) is 18.8 Å². The minimum Gasteiger partial charge on any atom is -0.389 e. The van der Waals surface area contributed by atoms with Crippen LogP contribution in [0.2, 0.25) is 0 Å². The van der Waals surface area contributed by atoms with Crippen molar-refractivity contribution < 1.29 is 13.5 Å². The Morgan fingerprint density at radius 2 is 1.94 bits per heavy atom. The normalized spacial score (nSPS) is 33.1. The number of rotatable bonds is 3. The first kappa shape index (κ1) is 13.3. The summed E-state index contributed by atoms with van der Waals surface area (Å²) in [7, 11) is -3.16. The van der Waals surface area contributed by atoms with Crippen LogP contribution in [0.25, 0.3) is 0 Å². The third-order valence-corrected chi connectivity index (χ3v) is 5.97. The van der Waals surface area contributed by atoms with Gasteiger partial charge in [-0.15, -0.1) is 0 Å². The molecule has 5 heteroatoms. The second kappa shape index (κ2) is 4.86. The Morgan fingerprint density at radius 3 is 2.47 bits per heavy atom. The Labute approximate surface area is 104 Å². The largest absolute Gasteiger partial charge is 0.389 e. The summed E-state index contributed by atoms with van der Waals surface area (Å²) in [4.78, 5) is 0. The summed E-state index contributed by atoms with van der Waals surface area (Å²) in [5.74, 6) is 0.614. The zero-order valence-corrected chi connectivity index (χ0v) is 11.4. The lowest BCUT2D eigenvalue weighted by atomic mass is 9.91. The van der Waals surface area contributed by atoms with Gasteiger partial charge in [0.15, 0.2) is 0 Å². The molecule has 0 aromatic rings. The molecule has 1 unspecified atom stereocenters. The maximum Gasteiger partial charge on any atom is 0.214 e. The van der Waals surface area contributed by atoms with E-state index < -0.39 is 15.6 Å². The molecule has 2 fully saturated rings. The van der Waals surface area contributed by atoms with Gasteiger partial charge in [-0.1, -0.05) is 19.3 Å². The van der Waals surface area contributed by atoms with E-state index in [-0.39, 0.29) is 12.3 Å². The van der Waals surface area contributed by atoms with Crippen LogP contribution in [0.1, 0.15) is 45.4 Å². The average molecular weight is 261 g/mol. The molecule has 100 valence electrons. The molecular formula is C12H23NO3S. The summed E-state index contributed by atoms with van der Waals surface area (Å²) in [6.07, 6.45) is 6.22. The van der Waals surface area contributed by atoms with Crippen LogP contribution in [-0.2, 0) is 10.0 Å². The van der Waals surface area contributed by atoms with E-state index in [0.29, 0.717) is 18.9 Å². The van der Waals surface area contributed by atoms with Gasteiger partial charge in [0.25, 0.3) is 0 Å². The van der Waals surface area contributed by atoms with Crippen molar-refractivity contribution in [1.82, 2.24) is 4.31 Å². The molecule has 2 rings (SSSR count). The van der Waals surface area contributed by atoms with E-state index in [4.69, 9.17) is 0 Å². The first-order valence-corrected chi connectivity index (χ1v) is 8.20. The van der Waals surface area contributed by atoms with Gasteiger partial charge in [0.2, 0.25) is 10.0 Å². The molecule has 0 amide bonds. The molecule has 0 aromatic carbocycles. The van der Waals surface area contributed by atoms with E-state index >= 15 is 0 Å². The fraction of sp³-hybridized carbons (Fsp3) is 1.00. The van der Waals surface area contributed by atoms with Crippen molar-refractivity contribution >= 4 is 10.0 Å². The van der Waals surface area contributed by atoms with E-state index in [9.17, 15) is 13.5 Å². The molecular weight excluding hydrogens is 238 g/mol. The Balaban J connectivity index is 1.94. The minimum absolute atomic E-state index is 0.266. The predicted molar refractivity (Wildman–Crippen MR) is 67.2 cm³/mol. The number of β-amino-alcohol motifs (C(OH)–C–C–N with tert-alkyl or cyclic N) is 1. The standard InChI is InChI=1S/C12H23NO3S/c1-12(14)7-8-13(10-12)17(15,16)9-11-5-3-2-4-6-11/h11,14H,2-10H2,1H3. The van der Waals surface area contributed by atoms with E-state index in [1.54, 1.807) is 6.92 Å². The third-order valence-electron chi connectivity index (χ3n) is 3.98. The van der Waals surface area contributed by atoms with Crippen molar-refractivity contribution in [1.29, 1.82) is 0 Å². The van der Waals surface area contributed by atoms with Crippen LogP contribution in [0.3, 0.4) is 0 Å². The topological polar surface area (TPSA) is 57.6 Å². The summed E-state index contributed by atoms with van der Waals surface area (Å²) >= 11 is 0. The van der Waals surface area contributed by atoms with Gasteiger partial charge in [-0.25, -0.2) is 8.42 Å². The number of nitrogens with zero attached hydrogens (tertiary/aromatic N) is 1. The van der Waals surface area contributed by atoms with Crippen LogP contribution in [0.5, 0.6) is 0 Å². The fourth-order valence-electron chi connectivity index (χ4n) is 2.90. The lowest BCUT2D eigenvalue weighted by Crippen LogP contribution is -2.37. The summed E-state index contributed by atoms with van der Waals surface area (Å²) in [6, 6.07) is 0. The van der Waals surface area contributed by atoms with Crippen LogP contribution in [0.15, 0.2) is 0 Å². The van der Waals surface area contributed by atoms with Crippen LogP contribution < -0.4 is 0 Å². The molecule has 1 aliphatic carbocycles. The zero-order chi connectivity index (χ0) is 12.5. The number of hydrogen-bond donors (Lipinski definition) is 1. The van der Waals surface area contributed by atoms with E-state index in [1.807, 2.05) is 0 Å². The highest BCUT2D eigenvalue weighted by atomic mass is 32.2. The average Bonchev–Trinajstić information content (AvgIpc) is 2.60. The quantitative estimate of drug-likeness (QED) is 0.834. The first-order chi connectivity index (χ1) is 7.89. The monoisotopic (exact) mass is 261 g/mol. The molecule has 1 heterocycles. The molecule has 0 radical (unpaired) electrons. The van der Waals surface area contributed by atoms with Crippen molar-refractivity contribution in [3.05, 3.63) is 0 Å². The summed E-state index contributed by atoms with van der Waals surface area (Å²) < 4.78 is 25.9. The van der Waals surface area contributed by atoms with E-state index in [2.05, 4.69) is 0 Å². The van der Waals surface area contributed by atoms with Crippen LogP contribution in [0, 0.1) is 5.92 Å². The highest BCUT2D eigenvalue weighted by Crippen LogP contribution is 2.28. The molecule has 1 saturated heterocycles. The molecule has 17 heavy (non-hydrogen) atoms. The molecule has 1 atom stereocenters. The Kier molecular flexibility index (Phi) is 3.80. The number of sulfonamides is 1. The van der Waals surface area contributed by atoms with Gasteiger partial charge in [-0.05, 0) is 32.1 Å². The van der Waals surface area contributed by atoms with Gasteiger partial charge in [0.05, 0.1) is 11.4 Å². The van der Waals surface area contributed by atoms with Gasteiger partial charge in [0, 0.05) is 13.1 Å². The summed E-state index contributed by atoms with van der Waals surface area (Å²) in [5, 5.41) is 9.83. The minimum atomic E-state index is -3.16. The van der Waals surface area contributed by atoms with Gasteiger partial charge in [-0.2, -0.15) is 4.31 Å². The summed E-state index contributed by atoms with van der Waals surface area (Å²) in [6.45, 7) is 2.45. The maximum absolute atomic E-state index is 12.2. The van der Waals surface area contributed by atoms with Gasteiger partial charge in [-0.3, -0.25) is 0 Å². The second-order valence-electron chi connectivity index (χ2n) is 5.86. The highest BCUT2D eigenvalue weighted by molar-refractivity contribution is 7.89. The molecule has 2 aliphatic rings. The van der Waals surface area contributed by atoms with Gasteiger partial charge >= 0.3 is 0 Å². The highest BCUT2D eigenvalue weighted by Gasteiger charge is 2.38. The number of aliphatic hydroxyl groups is 1. The summed E-state index contributed by atoms with van der Waals surface area (Å²) in [5.41, 5.74) is -0.834. The fourth-order valence-corrected chi connectivity index (χ4v) is 4.88. The predicted octanol–water partition coefficient (Wildman–Crippen LogP) is 1.35. The lowest BCUT2D eigenvalue weighted by molar-refractivity contribution is 0.0762. The molecule has 0 aromatic heterocycles. The molecule has 0 spiro atoms. The molecule has 0 bridgehead atoms. The Hall–Kier alpha value is -0.130. The molecule has 4 nitrogen and oxygen atoms in total. The Morgan fingerprint density at radius 1 is 1.29 bits per heavy atom. The first-order valence-electron chi connectivity index (χ1n) is 6.59. The van der Waals surface area contributed by atoms with Crippen LogP contribution in [0.4, 0.5) is 0 Å². The van der Waals surface area contributed by atoms with Gasteiger partial charge < -0.3 is 5.11 Å². The lowest BCUT2D eigenvalue weighted by Gasteiger charge is -2.25. The third kappa shape index (κ3) is 3.42. The van der Waals surface area contributed by atoms with Crippen LogP contribution in [-0.4, -0.2) is 42.3 Å². The van der Waals surface area contributed by atoms with Crippen LogP contribution >= 0.6 is 0 Å². The molecule has 1 N–H and O–H groups in total. The van der Waals surface area contributed by atoms with Gasteiger partial charge in [0.1, 0.15) is 0 Å². The maximum atomic E-state index is 12.2. The van der Waals surface area contributed by atoms with Crippen molar-refractivity contribution in [3.8, 4) is 0 Å². The van der Waals surface area contributed by atoms with Crippen molar-refractivity contribution in [2.24, 2.45) is 5.92 Å². The second-order valence-corrected chi connectivity index (χ2v) is 7.88. The smallest absolute Gasteiger partial charge is 0.214 e. The van der Waals surface area contributed by atoms with Crippen molar-refractivity contribution in [2.45, 2.75) is 51.0 Å². The van der Waals surface area contributed by atoms with E-state index in [0.717, 1.165) is 25.7 Å².